The highest BCUT2D eigenvalue weighted by molar-refractivity contribution is 5.89. The first-order chi connectivity index (χ1) is 12.0. The van der Waals surface area contributed by atoms with Gasteiger partial charge in [-0.3, -0.25) is 9.59 Å². The van der Waals surface area contributed by atoms with Gasteiger partial charge in [-0.05, 0) is 26.0 Å². The first-order valence-electron chi connectivity index (χ1n) is 8.69. The molecule has 0 spiro atoms. The lowest BCUT2D eigenvalue weighted by atomic mass is 10.1. The molecule has 0 radical (unpaired) electrons. The van der Waals surface area contributed by atoms with Crippen LogP contribution >= 0.6 is 0 Å². The largest absolute Gasteiger partial charge is 0.353 e. The fourth-order valence-corrected chi connectivity index (χ4v) is 3.47. The molecule has 0 N–H and O–H groups in total. The van der Waals surface area contributed by atoms with Gasteiger partial charge in [0.25, 0.3) is 0 Å². The Hall–Kier alpha value is -2.62. The third-order valence-corrected chi connectivity index (χ3v) is 4.92. The van der Waals surface area contributed by atoms with Crippen molar-refractivity contribution in [2.24, 2.45) is 5.92 Å². The summed E-state index contributed by atoms with van der Waals surface area (Å²) in [5.74, 6) is 0.703. The second kappa shape index (κ2) is 7.09. The molecule has 2 aliphatic rings. The van der Waals surface area contributed by atoms with Crippen LogP contribution < -0.4 is 4.90 Å². The van der Waals surface area contributed by atoms with E-state index in [0.29, 0.717) is 44.7 Å². The van der Waals surface area contributed by atoms with Gasteiger partial charge in [0.15, 0.2) is 0 Å². The van der Waals surface area contributed by atoms with Gasteiger partial charge in [-0.15, -0.1) is 0 Å². The van der Waals surface area contributed by atoms with Crippen LogP contribution in [0.2, 0.25) is 0 Å². The third kappa shape index (κ3) is 3.58. The Morgan fingerprint density at radius 2 is 2.04 bits per heavy atom. The van der Waals surface area contributed by atoms with E-state index in [0.717, 1.165) is 5.82 Å². The summed E-state index contributed by atoms with van der Waals surface area (Å²) in [6, 6.07) is 5.71. The molecule has 0 aliphatic carbocycles. The average molecular weight is 341 g/mol. The molecule has 0 aromatic carbocycles. The number of rotatable bonds is 3. The second-order valence-corrected chi connectivity index (χ2v) is 6.87. The van der Waals surface area contributed by atoms with Crippen molar-refractivity contribution < 1.29 is 9.59 Å². The van der Waals surface area contributed by atoms with Crippen LogP contribution in [0.3, 0.4) is 0 Å². The van der Waals surface area contributed by atoms with Crippen LogP contribution in [0.1, 0.15) is 25.8 Å². The van der Waals surface area contributed by atoms with Gasteiger partial charge in [0.2, 0.25) is 11.8 Å². The van der Waals surface area contributed by atoms with Gasteiger partial charge in [-0.1, -0.05) is 0 Å². The molecular weight excluding hydrogens is 318 g/mol. The van der Waals surface area contributed by atoms with E-state index in [2.05, 4.69) is 16.0 Å². The maximum atomic E-state index is 12.7. The second-order valence-electron chi connectivity index (χ2n) is 6.87. The number of carbonyl (C=O) groups is 2. The smallest absolute Gasteiger partial charge is 0.228 e. The normalized spacial score (nSPS) is 21.0. The van der Waals surface area contributed by atoms with Gasteiger partial charge < -0.3 is 14.7 Å². The number of aromatic nitrogens is 1. The molecular formula is C18H23N5O2. The Bertz CT molecular complexity index is 704. The predicted octanol–water partition coefficient (Wildman–Crippen LogP) is 0.859. The Labute approximate surface area is 147 Å². The zero-order chi connectivity index (χ0) is 18.0. The maximum Gasteiger partial charge on any atom is 0.228 e. The number of likely N-dealkylation sites (tertiary alicyclic amines) is 1. The summed E-state index contributed by atoms with van der Waals surface area (Å²) < 4.78 is 0. The molecule has 0 saturated carbocycles. The molecule has 1 unspecified atom stereocenters. The first kappa shape index (κ1) is 17.2. The SMILES string of the molecule is CC(C)N1CC(C(=O)N2CCN(c3cc(C#N)ccn3)CC2)CC1=O. The summed E-state index contributed by atoms with van der Waals surface area (Å²) >= 11 is 0. The van der Waals surface area contributed by atoms with Crippen LogP contribution in [0.15, 0.2) is 18.3 Å². The number of nitriles is 1. The fourth-order valence-electron chi connectivity index (χ4n) is 3.47. The zero-order valence-corrected chi connectivity index (χ0v) is 14.7. The minimum absolute atomic E-state index is 0.0736. The maximum absolute atomic E-state index is 12.7. The van der Waals surface area contributed by atoms with E-state index in [1.54, 1.807) is 23.2 Å². The summed E-state index contributed by atoms with van der Waals surface area (Å²) in [5, 5.41) is 9.00. The van der Waals surface area contributed by atoms with E-state index < -0.39 is 0 Å². The molecule has 25 heavy (non-hydrogen) atoms. The Balaban J connectivity index is 1.58. The van der Waals surface area contributed by atoms with Crippen molar-refractivity contribution in [1.82, 2.24) is 14.8 Å². The molecule has 2 amide bonds. The average Bonchev–Trinajstić information content (AvgIpc) is 3.03. The highest BCUT2D eigenvalue weighted by atomic mass is 16.2. The Kier molecular flexibility index (Phi) is 4.88. The fraction of sp³-hybridized carbons (Fsp3) is 0.556. The quantitative estimate of drug-likeness (QED) is 0.814. The van der Waals surface area contributed by atoms with Crippen LogP contribution in [0, 0.1) is 17.2 Å². The van der Waals surface area contributed by atoms with Gasteiger partial charge in [-0.2, -0.15) is 5.26 Å². The molecule has 0 bridgehead atoms. The number of hydrogen-bond acceptors (Lipinski definition) is 5. The van der Waals surface area contributed by atoms with Crippen LogP contribution in [-0.4, -0.2) is 65.4 Å². The summed E-state index contributed by atoms with van der Waals surface area (Å²) in [6.45, 7) is 7.08. The zero-order valence-electron chi connectivity index (χ0n) is 14.7. The van der Waals surface area contributed by atoms with Crippen LogP contribution in [-0.2, 0) is 9.59 Å². The van der Waals surface area contributed by atoms with E-state index in [1.807, 2.05) is 18.7 Å². The molecule has 3 rings (SSSR count). The number of amides is 2. The van der Waals surface area contributed by atoms with E-state index >= 15 is 0 Å². The van der Waals surface area contributed by atoms with Crippen molar-refractivity contribution >= 4 is 17.6 Å². The summed E-state index contributed by atoms with van der Waals surface area (Å²) in [4.78, 5) is 34.8. The molecule has 1 aromatic rings. The number of carbonyl (C=O) groups excluding carboxylic acids is 2. The van der Waals surface area contributed by atoms with Gasteiger partial charge in [0, 0.05) is 51.4 Å². The topological polar surface area (TPSA) is 80.5 Å². The first-order valence-corrected chi connectivity index (χ1v) is 8.69. The Morgan fingerprint density at radius 3 is 2.64 bits per heavy atom. The molecule has 2 saturated heterocycles. The molecule has 1 atom stereocenters. The molecule has 132 valence electrons. The molecule has 7 nitrogen and oxygen atoms in total. The minimum atomic E-state index is -0.221. The molecule has 1 aromatic heterocycles. The lowest BCUT2D eigenvalue weighted by Crippen LogP contribution is -2.51. The van der Waals surface area contributed by atoms with E-state index in [-0.39, 0.29) is 23.8 Å². The van der Waals surface area contributed by atoms with Gasteiger partial charge in [0.1, 0.15) is 5.82 Å². The standard InChI is InChI=1S/C18H23N5O2/c1-13(2)23-12-15(10-17(23)24)18(25)22-7-5-21(6-8-22)16-9-14(11-19)3-4-20-16/h3-4,9,13,15H,5-8,10,12H2,1-2H3. The van der Waals surface area contributed by atoms with Crippen molar-refractivity contribution in [3.05, 3.63) is 23.9 Å². The molecule has 2 aliphatic heterocycles. The third-order valence-electron chi connectivity index (χ3n) is 4.92. The predicted molar refractivity (Wildman–Crippen MR) is 92.7 cm³/mol. The number of piperazine rings is 1. The van der Waals surface area contributed by atoms with E-state index in [9.17, 15) is 9.59 Å². The monoisotopic (exact) mass is 341 g/mol. The van der Waals surface area contributed by atoms with Gasteiger partial charge >= 0.3 is 0 Å². The summed E-state index contributed by atoms with van der Waals surface area (Å²) in [5.41, 5.74) is 0.585. The molecule has 7 heteroatoms. The van der Waals surface area contributed by atoms with Crippen molar-refractivity contribution in [3.63, 3.8) is 0 Å². The van der Waals surface area contributed by atoms with Crippen molar-refractivity contribution in [2.75, 3.05) is 37.6 Å². The highest BCUT2D eigenvalue weighted by Crippen LogP contribution is 2.23. The van der Waals surface area contributed by atoms with Crippen molar-refractivity contribution in [3.8, 4) is 6.07 Å². The lowest BCUT2D eigenvalue weighted by molar-refractivity contribution is -0.136. The number of hydrogen-bond donors (Lipinski definition) is 0. The van der Waals surface area contributed by atoms with E-state index in [4.69, 9.17) is 5.26 Å². The van der Waals surface area contributed by atoms with Crippen LogP contribution in [0.25, 0.3) is 0 Å². The van der Waals surface area contributed by atoms with Gasteiger partial charge in [-0.25, -0.2) is 4.98 Å². The van der Waals surface area contributed by atoms with Crippen molar-refractivity contribution in [2.45, 2.75) is 26.3 Å². The Morgan fingerprint density at radius 1 is 1.32 bits per heavy atom. The van der Waals surface area contributed by atoms with Crippen LogP contribution in [0.5, 0.6) is 0 Å². The molecule has 2 fully saturated rings. The lowest BCUT2D eigenvalue weighted by Gasteiger charge is -2.36. The highest BCUT2D eigenvalue weighted by Gasteiger charge is 2.38. The van der Waals surface area contributed by atoms with Gasteiger partial charge in [0.05, 0.1) is 17.6 Å². The van der Waals surface area contributed by atoms with E-state index in [1.165, 1.54) is 0 Å². The summed E-state index contributed by atoms with van der Waals surface area (Å²) in [7, 11) is 0. The number of anilines is 1. The van der Waals surface area contributed by atoms with Crippen LogP contribution in [0.4, 0.5) is 5.82 Å². The molecule has 3 heterocycles. The summed E-state index contributed by atoms with van der Waals surface area (Å²) in [6.07, 6.45) is 1.96. The number of nitrogens with zero attached hydrogens (tertiary/aromatic N) is 5. The minimum Gasteiger partial charge on any atom is -0.353 e. The van der Waals surface area contributed by atoms with Crippen molar-refractivity contribution in [1.29, 1.82) is 5.26 Å². The number of pyridine rings is 1.